The summed E-state index contributed by atoms with van der Waals surface area (Å²) < 4.78 is 0. The largest absolute Gasteiger partial charge is 0.345 e. The fourth-order valence-corrected chi connectivity index (χ4v) is 4.59. The first-order chi connectivity index (χ1) is 13.0. The number of benzene rings is 2. The third-order valence-electron chi connectivity index (χ3n) is 6.16. The van der Waals surface area contributed by atoms with Crippen LogP contribution in [0.25, 0.3) is 11.1 Å². The van der Waals surface area contributed by atoms with E-state index >= 15 is 0 Å². The third kappa shape index (κ3) is 3.14. The van der Waals surface area contributed by atoms with Crippen molar-refractivity contribution in [3.05, 3.63) is 59.7 Å². The minimum Gasteiger partial charge on any atom is -0.345 e. The maximum Gasteiger partial charge on any atom is 0.253 e. The zero-order valence-electron chi connectivity index (χ0n) is 16.1. The number of likely N-dealkylation sites (tertiary alicyclic amines) is 2. The Kier molecular flexibility index (Phi) is 4.50. The minimum absolute atomic E-state index is 0.0309. The van der Waals surface area contributed by atoms with Crippen molar-refractivity contribution in [2.45, 2.75) is 26.2 Å². The zero-order valence-corrected chi connectivity index (χ0v) is 16.1. The molecule has 1 atom stereocenters. The number of rotatable bonds is 2. The predicted molar refractivity (Wildman–Crippen MR) is 106 cm³/mol. The van der Waals surface area contributed by atoms with Crippen molar-refractivity contribution in [3.8, 4) is 11.1 Å². The van der Waals surface area contributed by atoms with Crippen molar-refractivity contribution >= 4 is 11.8 Å². The van der Waals surface area contributed by atoms with Crippen LogP contribution in [0, 0.1) is 12.3 Å². The molecule has 0 radical (unpaired) electrons. The number of piperidine rings is 1. The van der Waals surface area contributed by atoms with Crippen LogP contribution in [-0.2, 0) is 4.79 Å². The van der Waals surface area contributed by atoms with Crippen LogP contribution >= 0.6 is 0 Å². The quantitative estimate of drug-likeness (QED) is 0.816. The molecule has 0 aromatic heterocycles. The highest BCUT2D eigenvalue weighted by molar-refractivity contribution is 5.96. The highest BCUT2D eigenvalue weighted by atomic mass is 16.2. The minimum atomic E-state index is -0.365. The molecule has 2 fully saturated rings. The van der Waals surface area contributed by atoms with E-state index in [0.29, 0.717) is 18.7 Å². The Hall–Kier alpha value is -2.62. The second-order valence-electron chi connectivity index (χ2n) is 7.98. The van der Waals surface area contributed by atoms with Crippen LogP contribution in [0.15, 0.2) is 48.5 Å². The second-order valence-corrected chi connectivity index (χ2v) is 7.98. The average Bonchev–Trinajstić information content (AvgIpc) is 3.11. The van der Waals surface area contributed by atoms with E-state index in [0.717, 1.165) is 36.9 Å². The van der Waals surface area contributed by atoms with Gasteiger partial charge in [-0.05, 0) is 55.0 Å². The van der Waals surface area contributed by atoms with Crippen LogP contribution in [0.4, 0.5) is 0 Å². The molecule has 0 N–H and O–H groups in total. The highest BCUT2D eigenvalue weighted by Crippen LogP contribution is 2.40. The maximum atomic E-state index is 13.1. The molecule has 2 heterocycles. The lowest BCUT2D eigenvalue weighted by Crippen LogP contribution is -2.48. The number of hydrogen-bond acceptors (Lipinski definition) is 2. The van der Waals surface area contributed by atoms with E-state index in [9.17, 15) is 9.59 Å². The summed E-state index contributed by atoms with van der Waals surface area (Å²) in [4.78, 5) is 29.5. The van der Waals surface area contributed by atoms with Crippen LogP contribution in [-0.4, -0.2) is 48.3 Å². The van der Waals surface area contributed by atoms with Crippen LogP contribution in [0.1, 0.15) is 35.2 Å². The fourth-order valence-electron chi connectivity index (χ4n) is 4.59. The molecule has 2 aromatic rings. The Labute approximate surface area is 160 Å². The molecule has 0 bridgehead atoms. The van der Waals surface area contributed by atoms with Gasteiger partial charge in [0.25, 0.3) is 5.91 Å². The molecule has 0 aliphatic carbocycles. The number of nitrogens with zero attached hydrogens (tertiary/aromatic N) is 2. The molecule has 2 aliphatic heterocycles. The molecule has 2 amide bonds. The summed E-state index contributed by atoms with van der Waals surface area (Å²) in [6, 6.07) is 16.1. The Morgan fingerprint density at radius 1 is 1.04 bits per heavy atom. The first kappa shape index (κ1) is 17.8. The Morgan fingerprint density at radius 3 is 2.67 bits per heavy atom. The van der Waals surface area contributed by atoms with Gasteiger partial charge in [-0.3, -0.25) is 9.59 Å². The van der Waals surface area contributed by atoms with E-state index in [1.807, 2.05) is 53.2 Å². The molecule has 4 heteroatoms. The van der Waals surface area contributed by atoms with Gasteiger partial charge in [-0.2, -0.15) is 0 Å². The normalized spacial score (nSPS) is 22.5. The first-order valence-electron chi connectivity index (χ1n) is 9.71. The molecule has 27 heavy (non-hydrogen) atoms. The number of hydrogen-bond donors (Lipinski definition) is 0. The van der Waals surface area contributed by atoms with Crippen molar-refractivity contribution in [2.24, 2.45) is 5.41 Å². The van der Waals surface area contributed by atoms with Crippen molar-refractivity contribution in [1.82, 2.24) is 9.80 Å². The standard InChI is InChI=1S/C23H26N2O2/c1-17-7-3-4-10-20(17)18-8-5-9-19(15-18)21(26)25-14-12-23(16-25)11-6-13-24(2)22(23)27/h3-5,7-10,15H,6,11-14,16H2,1-2H3/t23-/m1/s1. The topological polar surface area (TPSA) is 40.6 Å². The average molecular weight is 362 g/mol. The van der Waals surface area contributed by atoms with E-state index in [4.69, 9.17) is 0 Å². The summed E-state index contributed by atoms with van der Waals surface area (Å²) in [5, 5.41) is 0. The first-order valence-corrected chi connectivity index (χ1v) is 9.71. The predicted octanol–water partition coefficient (Wildman–Crippen LogP) is 3.75. The van der Waals surface area contributed by atoms with Crippen molar-refractivity contribution in [2.75, 3.05) is 26.7 Å². The van der Waals surface area contributed by atoms with Gasteiger partial charge in [-0.1, -0.05) is 36.4 Å². The molecule has 0 unspecified atom stereocenters. The summed E-state index contributed by atoms with van der Waals surface area (Å²) in [6.07, 6.45) is 2.69. The Balaban J connectivity index is 1.57. The lowest BCUT2D eigenvalue weighted by atomic mass is 9.78. The van der Waals surface area contributed by atoms with Crippen LogP contribution in [0.3, 0.4) is 0 Å². The summed E-state index contributed by atoms with van der Waals surface area (Å²) >= 11 is 0. The van der Waals surface area contributed by atoms with E-state index in [2.05, 4.69) is 19.1 Å². The molecule has 1 spiro atoms. The number of carbonyl (C=O) groups is 2. The fraction of sp³-hybridized carbons (Fsp3) is 0.391. The van der Waals surface area contributed by atoms with Crippen molar-refractivity contribution in [1.29, 1.82) is 0 Å². The highest BCUT2D eigenvalue weighted by Gasteiger charge is 2.48. The maximum absolute atomic E-state index is 13.1. The molecule has 2 aromatic carbocycles. The van der Waals surface area contributed by atoms with Gasteiger partial charge < -0.3 is 9.80 Å². The van der Waals surface area contributed by atoms with Gasteiger partial charge in [0.2, 0.25) is 5.91 Å². The van der Waals surface area contributed by atoms with E-state index < -0.39 is 0 Å². The lowest BCUT2D eigenvalue weighted by Gasteiger charge is -2.37. The van der Waals surface area contributed by atoms with Crippen molar-refractivity contribution < 1.29 is 9.59 Å². The van der Waals surface area contributed by atoms with Crippen molar-refractivity contribution in [3.63, 3.8) is 0 Å². The molecule has 2 saturated heterocycles. The monoisotopic (exact) mass is 362 g/mol. The molecule has 4 nitrogen and oxygen atoms in total. The van der Waals surface area contributed by atoms with Gasteiger partial charge in [0.1, 0.15) is 0 Å². The summed E-state index contributed by atoms with van der Waals surface area (Å²) in [5.74, 6) is 0.237. The third-order valence-corrected chi connectivity index (χ3v) is 6.16. The van der Waals surface area contributed by atoms with Crippen LogP contribution < -0.4 is 0 Å². The number of carbonyl (C=O) groups excluding carboxylic acids is 2. The van der Waals surface area contributed by atoms with Gasteiger partial charge in [-0.25, -0.2) is 0 Å². The lowest BCUT2D eigenvalue weighted by molar-refractivity contribution is -0.143. The molecule has 2 aliphatic rings. The molecule has 0 saturated carbocycles. The molecule has 140 valence electrons. The van der Waals surface area contributed by atoms with Gasteiger partial charge in [0, 0.05) is 32.2 Å². The smallest absolute Gasteiger partial charge is 0.253 e. The van der Waals surface area contributed by atoms with Crippen LogP contribution in [0.5, 0.6) is 0 Å². The van der Waals surface area contributed by atoms with E-state index in [-0.39, 0.29) is 17.2 Å². The number of amides is 2. The zero-order chi connectivity index (χ0) is 19.0. The van der Waals surface area contributed by atoms with Crippen LogP contribution in [0.2, 0.25) is 0 Å². The van der Waals surface area contributed by atoms with Gasteiger partial charge in [0.15, 0.2) is 0 Å². The van der Waals surface area contributed by atoms with Gasteiger partial charge >= 0.3 is 0 Å². The summed E-state index contributed by atoms with van der Waals surface area (Å²) in [7, 11) is 1.87. The Morgan fingerprint density at radius 2 is 1.85 bits per heavy atom. The molecule has 4 rings (SSSR count). The number of aryl methyl sites for hydroxylation is 1. The van der Waals surface area contributed by atoms with E-state index in [1.54, 1.807) is 0 Å². The summed E-state index contributed by atoms with van der Waals surface area (Å²) in [6.45, 7) is 4.11. The van der Waals surface area contributed by atoms with E-state index in [1.165, 1.54) is 5.56 Å². The molecular weight excluding hydrogens is 336 g/mol. The summed E-state index contributed by atoms with van der Waals surface area (Å²) in [5.41, 5.74) is 3.73. The SMILES string of the molecule is Cc1ccccc1-c1cccc(C(=O)N2CC[C@]3(CCCN(C)C3=O)C2)c1. The Bertz CT molecular complexity index is 891. The molecular formula is C23H26N2O2. The second kappa shape index (κ2) is 6.84. The van der Waals surface area contributed by atoms with Gasteiger partial charge in [-0.15, -0.1) is 0 Å². The van der Waals surface area contributed by atoms with Gasteiger partial charge in [0.05, 0.1) is 5.41 Å².